The van der Waals surface area contributed by atoms with E-state index in [1.54, 1.807) is 24.3 Å². The number of hydrogen-bond donors (Lipinski definition) is 1. The van der Waals surface area contributed by atoms with Gasteiger partial charge >= 0.3 is 5.97 Å². The summed E-state index contributed by atoms with van der Waals surface area (Å²) in [7, 11) is 0. The van der Waals surface area contributed by atoms with Crippen LogP contribution in [0.15, 0.2) is 60.7 Å². The maximum atomic E-state index is 13.3. The Hall–Kier alpha value is -1.88. The van der Waals surface area contributed by atoms with Crippen LogP contribution in [0.25, 0.3) is 0 Å². The van der Waals surface area contributed by atoms with Crippen LogP contribution in [0.5, 0.6) is 0 Å². The van der Waals surface area contributed by atoms with Gasteiger partial charge in [0.15, 0.2) is 0 Å². The first-order chi connectivity index (χ1) is 13.2. The number of benzene rings is 2. The van der Waals surface area contributed by atoms with E-state index in [0.29, 0.717) is 11.1 Å². The molecule has 0 aromatic heterocycles. The first-order valence-electron chi connectivity index (χ1n) is 9.98. The number of carbonyl (C=O) groups is 1. The fraction of sp³-hybridized carbons (Fsp3) is 0.435. The van der Waals surface area contributed by atoms with Crippen molar-refractivity contribution in [1.82, 2.24) is 4.90 Å². The molecule has 5 heteroatoms. The maximum Gasteiger partial charge on any atom is 0.348 e. The highest BCUT2D eigenvalue weighted by Crippen LogP contribution is 2.34. The summed E-state index contributed by atoms with van der Waals surface area (Å²) in [6.07, 6.45) is 5.21. The molecule has 2 heterocycles. The lowest BCUT2D eigenvalue weighted by Crippen LogP contribution is -2.53. The van der Waals surface area contributed by atoms with E-state index in [1.165, 1.54) is 12.8 Å². The van der Waals surface area contributed by atoms with Crippen LogP contribution in [0.1, 0.15) is 43.2 Å². The van der Waals surface area contributed by atoms with Crippen molar-refractivity contribution in [2.45, 2.75) is 49.9 Å². The fourth-order valence-corrected chi connectivity index (χ4v) is 4.52. The predicted octanol–water partition coefficient (Wildman–Crippen LogP) is 3.90. The zero-order chi connectivity index (χ0) is 18.7. The van der Waals surface area contributed by atoms with Gasteiger partial charge in [0.25, 0.3) is 0 Å². The van der Waals surface area contributed by atoms with Crippen molar-refractivity contribution >= 4 is 18.4 Å². The van der Waals surface area contributed by atoms with E-state index in [9.17, 15) is 9.90 Å². The summed E-state index contributed by atoms with van der Waals surface area (Å²) < 4.78 is 6.00. The van der Waals surface area contributed by atoms with Crippen LogP contribution >= 0.6 is 12.4 Å². The molecule has 4 rings (SSSR count). The Kier molecular flexibility index (Phi) is 6.76. The van der Waals surface area contributed by atoms with Crippen LogP contribution in [0.2, 0.25) is 0 Å². The van der Waals surface area contributed by atoms with Crippen molar-refractivity contribution < 1.29 is 14.6 Å². The monoisotopic (exact) mass is 401 g/mol. The van der Waals surface area contributed by atoms with Gasteiger partial charge in [-0.1, -0.05) is 67.1 Å². The van der Waals surface area contributed by atoms with Crippen LogP contribution in [-0.2, 0) is 15.1 Å². The van der Waals surface area contributed by atoms with Gasteiger partial charge < -0.3 is 9.84 Å². The summed E-state index contributed by atoms with van der Waals surface area (Å²) in [5.74, 6) is -0.572. The van der Waals surface area contributed by atoms with E-state index < -0.39 is 11.6 Å². The van der Waals surface area contributed by atoms with Crippen molar-refractivity contribution in [2.24, 2.45) is 0 Å². The highest BCUT2D eigenvalue weighted by Gasteiger charge is 2.44. The average molecular weight is 402 g/mol. The van der Waals surface area contributed by atoms with Crippen LogP contribution in [0, 0.1) is 0 Å². The van der Waals surface area contributed by atoms with E-state index >= 15 is 0 Å². The lowest BCUT2D eigenvalue weighted by atomic mass is 9.85. The molecule has 0 radical (unpaired) electrons. The van der Waals surface area contributed by atoms with Crippen LogP contribution in [0.3, 0.4) is 0 Å². The lowest BCUT2D eigenvalue weighted by molar-refractivity contribution is -0.175. The summed E-state index contributed by atoms with van der Waals surface area (Å²) in [6.45, 7) is 2.17. The molecule has 2 unspecified atom stereocenters. The van der Waals surface area contributed by atoms with Crippen LogP contribution in [-0.4, -0.2) is 41.2 Å². The Bertz CT molecular complexity index is 726. The Morgan fingerprint density at radius 2 is 1.46 bits per heavy atom. The molecular weight excluding hydrogens is 374 g/mol. The third-order valence-electron chi connectivity index (χ3n) is 5.96. The number of halogens is 1. The second kappa shape index (κ2) is 9.08. The number of ether oxygens (including phenoxy) is 1. The molecule has 0 spiro atoms. The predicted molar refractivity (Wildman–Crippen MR) is 111 cm³/mol. The van der Waals surface area contributed by atoms with Gasteiger partial charge in [-0.3, -0.25) is 4.90 Å². The van der Waals surface area contributed by atoms with E-state index in [-0.39, 0.29) is 24.6 Å². The zero-order valence-electron chi connectivity index (χ0n) is 16.0. The zero-order valence-corrected chi connectivity index (χ0v) is 16.8. The Morgan fingerprint density at radius 3 is 2.07 bits per heavy atom. The standard InChI is InChI=1S/C23H27NO3.ClH/c25-22(27-21-15-9-17-24-16-8-7-14-20(21)24)23(26,18-10-3-1-4-11-18)19-12-5-2-6-13-19;/h1-6,10-13,20-21,26H,7-9,14-17H2;1H. The van der Waals surface area contributed by atoms with Gasteiger partial charge in [0.05, 0.1) is 0 Å². The highest BCUT2D eigenvalue weighted by atomic mass is 35.5. The third-order valence-corrected chi connectivity index (χ3v) is 5.96. The molecule has 1 N–H and O–H groups in total. The molecule has 4 nitrogen and oxygen atoms in total. The van der Waals surface area contributed by atoms with Crippen LogP contribution in [0.4, 0.5) is 0 Å². The molecule has 2 aromatic rings. The quantitative estimate of drug-likeness (QED) is 0.789. The third kappa shape index (κ3) is 3.95. The van der Waals surface area contributed by atoms with Gasteiger partial charge in [-0.05, 0) is 49.9 Å². The summed E-state index contributed by atoms with van der Waals surface area (Å²) in [5, 5.41) is 11.6. The summed E-state index contributed by atoms with van der Waals surface area (Å²) in [5.41, 5.74) is -0.713. The molecule has 2 atom stereocenters. The smallest absolute Gasteiger partial charge is 0.348 e. The first-order valence-corrected chi connectivity index (χ1v) is 9.98. The molecule has 0 saturated carbocycles. The van der Waals surface area contributed by atoms with E-state index in [2.05, 4.69) is 4.90 Å². The Labute approximate surface area is 172 Å². The normalized spacial score (nSPS) is 22.6. The molecule has 2 fully saturated rings. The summed E-state index contributed by atoms with van der Waals surface area (Å²) in [6, 6.07) is 18.5. The van der Waals surface area contributed by atoms with Gasteiger partial charge in [0.2, 0.25) is 5.60 Å². The number of rotatable bonds is 4. The Balaban J connectivity index is 0.00000225. The van der Waals surface area contributed by atoms with E-state index in [4.69, 9.17) is 4.74 Å². The first kappa shape index (κ1) is 20.8. The second-order valence-electron chi connectivity index (χ2n) is 7.63. The number of fused-ring (bicyclic) bond motifs is 1. The number of aliphatic hydroxyl groups is 1. The van der Waals surface area contributed by atoms with Crippen molar-refractivity contribution in [3.8, 4) is 0 Å². The van der Waals surface area contributed by atoms with Crippen molar-refractivity contribution in [3.63, 3.8) is 0 Å². The molecular formula is C23H28ClNO3. The molecule has 0 aliphatic carbocycles. The van der Waals surface area contributed by atoms with Gasteiger partial charge in [-0.2, -0.15) is 0 Å². The number of esters is 1. The highest BCUT2D eigenvalue weighted by molar-refractivity contribution is 5.86. The fourth-order valence-electron chi connectivity index (χ4n) is 4.52. The van der Waals surface area contributed by atoms with Crippen molar-refractivity contribution in [3.05, 3.63) is 71.8 Å². The van der Waals surface area contributed by atoms with Gasteiger partial charge in [-0.15, -0.1) is 12.4 Å². The minimum Gasteiger partial charge on any atom is -0.458 e. The summed E-state index contributed by atoms with van der Waals surface area (Å²) >= 11 is 0. The number of carbonyl (C=O) groups excluding carboxylic acids is 1. The Morgan fingerprint density at radius 1 is 0.893 bits per heavy atom. The van der Waals surface area contributed by atoms with Gasteiger partial charge in [0, 0.05) is 6.04 Å². The molecule has 2 aliphatic rings. The van der Waals surface area contributed by atoms with Crippen molar-refractivity contribution in [1.29, 1.82) is 0 Å². The SMILES string of the molecule is Cl.O=C(OC1CCCN2CCCCC12)C(O)(c1ccccc1)c1ccccc1. The van der Waals surface area contributed by atoms with Gasteiger partial charge in [0.1, 0.15) is 6.10 Å². The summed E-state index contributed by atoms with van der Waals surface area (Å²) in [4.78, 5) is 15.8. The maximum absolute atomic E-state index is 13.3. The molecule has 0 amide bonds. The lowest BCUT2D eigenvalue weighted by Gasteiger charge is -2.44. The van der Waals surface area contributed by atoms with Gasteiger partial charge in [-0.25, -0.2) is 4.79 Å². The molecule has 28 heavy (non-hydrogen) atoms. The second-order valence-corrected chi connectivity index (χ2v) is 7.63. The van der Waals surface area contributed by atoms with Crippen molar-refractivity contribution in [2.75, 3.05) is 13.1 Å². The molecule has 2 saturated heterocycles. The number of hydrogen-bond acceptors (Lipinski definition) is 4. The number of piperidine rings is 2. The number of nitrogens with zero attached hydrogens (tertiary/aromatic N) is 1. The molecule has 2 aromatic carbocycles. The molecule has 150 valence electrons. The minimum atomic E-state index is -1.79. The largest absolute Gasteiger partial charge is 0.458 e. The topological polar surface area (TPSA) is 49.8 Å². The van der Waals surface area contributed by atoms with Crippen LogP contribution < -0.4 is 0 Å². The van der Waals surface area contributed by atoms with E-state index in [0.717, 1.165) is 32.4 Å². The molecule has 2 aliphatic heterocycles. The minimum absolute atomic E-state index is 0. The van der Waals surface area contributed by atoms with E-state index in [1.807, 2.05) is 36.4 Å². The average Bonchev–Trinajstić information content (AvgIpc) is 2.74. The molecule has 0 bridgehead atoms.